The zero-order valence-corrected chi connectivity index (χ0v) is 10.9. The number of ether oxygens (including phenoxy) is 1. The van der Waals surface area contributed by atoms with E-state index in [0.717, 1.165) is 0 Å². The SMILES string of the molecule is CN(Cc1ccc(C(=O)O)o1)C(=O)OC(C)(C)C. The quantitative estimate of drug-likeness (QED) is 0.896. The van der Waals surface area contributed by atoms with Gasteiger partial charge in [0.05, 0.1) is 6.54 Å². The number of rotatable bonds is 3. The minimum absolute atomic E-state index is 0.150. The summed E-state index contributed by atoms with van der Waals surface area (Å²) in [5, 5.41) is 8.70. The van der Waals surface area contributed by atoms with Crippen LogP contribution in [0.25, 0.3) is 0 Å². The van der Waals surface area contributed by atoms with Gasteiger partial charge in [0.2, 0.25) is 5.76 Å². The molecule has 100 valence electrons. The molecule has 1 aromatic heterocycles. The first-order valence-corrected chi connectivity index (χ1v) is 5.45. The summed E-state index contributed by atoms with van der Waals surface area (Å²) in [5.41, 5.74) is -0.569. The van der Waals surface area contributed by atoms with Crippen LogP contribution in [0.5, 0.6) is 0 Å². The fourth-order valence-electron chi connectivity index (χ4n) is 1.22. The minimum atomic E-state index is -1.14. The second-order valence-electron chi connectivity index (χ2n) is 4.91. The lowest BCUT2D eigenvalue weighted by molar-refractivity contribution is 0.0274. The highest BCUT2D eigenvalue weighted by molar-refractivity contribution is 5.84. The molecular weight excluding hydrogens is 238 g/mol. The molecule has 0 fully saturated rings. The minimum Gasteiger partial charge on any atom is -0.475 e. The maximum absolute atomic E-state index is 11.6. The molecule has 0 aliphatic carbocycles. The number of nitrogens with zero attached hydrogens (tertiary/aromatic N) is 1. The average molecular weight is 255 g/mol. The monoisotopic (exact) mass is 255 g/mol. The Labute approximate surface area is 105 Å². The smallest absolute Gasteiger partial charge is 0.410 e. The van der Waals surface area contributed by atoms with Crippen LogP contribution in [-0.2, 0) is 11.3 Å². The summed E-state index contributed by atoms with van der Waals surface area (Å²) < 4.78 is 10.2. The van der Waals surface area contributed by atoms with Crippen molar-refractivity contribution in [2.75, 3.05) is 7.05 Å². The van der Waals surface area contributed by atoms with Crippen molar-refractivity contribution in [3.05, 3.63) is 23.7 Å². The molecule has 0 saturated heterocycles. The number of carbonyl (C=O) groups is 2. The highest BCUT2D eigenvalue weighted by atomic mass is 16.6. The van der Waals surface area contributed by atoms with Gasteiger partial charge in [-0.15, -0.1) is 0 Å². The maximum atomic E-state index is 11.6. The van der Waals surface area contributed by atoms with E-state index in [1.54, 1.807) is 27.8 Å². The molecule has 0 unspecified atom stereocenters. The molecule has 0 radical (unpaired) electrons. The number of hydrogen-bond acceptors (Lipinski definition) is 4. The van der Waals surface area contributed by atoms with Crippen molar-refractivity contribution < 1.29 is 23.8 Å². The summed E-state index contributed by atoms with van der Waals surface area (Å²) in [4.78, 5) is 23.6. The Hall–Kier alpha value is -1.98. The van der Waals surface area contributed by atoms with Gasteiger partial charge < -0.3 is 19.2 Å². The summed E-state index contributed by atoms with van der Waals surface area (Å²) in [5.74, 6) is -0.899. The second-order valence-corrected chi connectivity index (χ2v) is 4.91. The van der Waals surface area contributed by atoms with Crippen LogP contribution in [0, 0.1) is 0 Å². The van der Waals surface area contributed by atoms with E-state index < -0.39 is 17.7 Å². The maximum Gasteiger partial charge on any atom is 0.410 e. The molecule has 0 atom stereocenters. The van der Waals surface area contributed by atoms with Crippen molar-refractivity contribution in [2.24, 2.45) is 0 Å². The predicted molar refractivity (Wildman–Crippen MR) is 63.4 cm³/mol. The Morgan fingerprint density at radius 3 is 2.44 bits per heavy atom. The molecule has 0 saturated carbocycles. The topological polar surface area (TPSA) is 80.0 Å². The van der Waals surface area contributed by atoms with Gasteiger partial charge in [0.25, 0.3) is 0 Å². The van der Waals surface area contributed by atoms with Crippen LogP contribution in [0.3, 0.4) is 0 Å². The summed E-state index contributed by atoms with van der Waals surface area (Å²) in [6.45, 7) is 5.47. The number of amides is 1. The van der Waals surface area contributed by atoms with E-state index in [1.165, 1.54) is 17.0 Å². The fourth-order valence-corrected chi connectivity index (χ4v) is 1.22. The standard InChI is InChI=1S/C12H17NO5/c1-12(2,3)18-11(16)13(4)7-8-5-6-9(17-8)10(14)15/h5-6H,7H2,1-4H3,(H,14,15). The Bertz CT molecular complexity index is 444. The van der Waals surface area contributed by atoms with Gasteiger partial charge in [-0.05, 0) is 32.9 Å². The van der Waals surface area contributed by atoms with Crippen LogP contribution in [0.1, 0.15) is 37.1 Å². The van der Waals surface area contributed by atoms with Crippen molar-refractivity contribution in [1.82, 2.24) is 4.90 Å². The van der Waals surface area contributed by atoms with Crippen molar-refractivity contribution >= 4 is 12.1 Å². The Morgan fingerprint density at radius 2 is 2.00 bits per heavy atom. The molecule has 0 aliphatic heterocycles. The van der Waals surface area contributed by atoms with E-state index >= 15 is 0 Å². The van der Waals surface area contributed by atoms with Crippen LogP contribution in [-0.4, -0.2) is 34.7 Å². The Balaban J connectivity index is 2.61. The van der Waals surface area contributed by atoms with E-state index in [1.807, 2.05) is 0 Å². The molecule has 6 heteroatoms. The molecule has 6 nitrogen and oxygen atoms in total. The molecule has 0 aromatic carbocycles. The van der Waals surface area contributed by atoms with Gasteiger partial charge in [-0.3, -0.25) is 0 Å². The van der Waals surface area contributed by atoms with Crippen molar-refractivity contribution in [1.29, 1.82) is 0 Å². The number of carboxylic acids is 1. The molecular formula is C12H17NO5. The number of carbonyl (C=O) groups excluding carboxylic acids is 1. The number of hydrogen-bond donors (Lipinski definition) is 1. The molecule has 1 N–H and O–H groups in total. The van der Waals surface area contributed by atoms with Crippen molar-refractivity contribution in [3.63, 3.8) is 0 Å². The van der Waals surface area contributed by atoms with Gasteiger partial charge in [-0.1, -0.05) is 0 Å². The first-order chi connectivity index (χ1) is 8.19. The number of furan rings is 1. The van der Waals surface area contributed by atoms with Crippen LogP contribution in [0.4, 0.5) is 4.79 Å². The zero-order valence-electron chi connectivity index (χ0n) is 10.9. The summed E-state index contributed by atoms with van der Waals surface area (Å²) in [6, 6.07) is 2.87. The largest absolute Gasteiger partial charge is 0.475 e. The highest BCUT2D eigenvalue weighted by Gasteiger charge is 2.20. The summed E-state index contributed by atoms with van der Waals surface area (Å²) in [7, 11) is 1.55. The molecule has 0 bridgehead atoms. The van der Waals surface area contributed by atoms with E-state index in [2.05, 4.69) is 0 Å². The Morgan fingerprint density at radius 1 is 1.39 bits per heavy atom. The van der Waals surface area contributed by atoms with Crippen molar-refractivity contribution in [3.8, 4) is 0 Å². The molecule has 0 spiro atoms. The highest BCUT2D eigenvalue weighted by Crippen LogP contribution is 2.13. The molecule has 1 rings (SSSR count). The number of aromatic carboxylic acids is 1. The second kappa shape index (κ2) is 5.12. The van der Waals surface area contributed by atoms with Crippen LogP contribution >= 0.6 is 0 Å². The predicted octanol–water partition coefficient (Wildman–Crippen LogP) is 2.34. The summed E-state index contributed by atoms with van der Waals surface area (Å²) >= 11 is 0. The fraction of sp³-hybridized carbons (Fsp3) is 0.500. The lowest BCUT2D eigenvalue weighted by Crippen LogP contribution is -2.33. The van der Waals surface area contributed by atoms with Crippen LogP contribution in [0.2, 0.25) is 0 Å². The van der Waals surface area contributed by atoms with Gasteiger partial charge in [0, 0.05) is 7.05 Å². The Kier molecular flexibility index (Phi) is 4.00. The molecule has 1 heterocycles. The van der Waals surface area contributed by atoms with Crippen LogP contribution in [0.15, 0.2) is 16.5 Å². The lowest BCUT2D eigenvalue weighted by atomic mass is 10.2. The van der Waals surface area contributed by atoms with E-state index in [9.17, 15) is 9.59 Å². The van der Waals surface area contributed by atoms with Gasteiger partial charge >= 0.3 is 12.1 Å². The van der Waals surface area contributed by atoms with E-state index in [4.69, 9.17) is 14.3 Å². The third kappa shape index (κ3) is 4.12. The molecule has 0 aliphatic rings. The van der Waals surface area contributed by atoms with Gasteiger partial charge in [0.1, 0.15) is 11.4 Å². The van der Waals surface area contributed by atoms with Crippen LogP contribution < -0.4 is 0 Å². The van der Waals surface area contributed by atoms with Gasteiger partial charge in [-0.2, -0.15) is 0 Å². The zero-order chi connectivity index (χ0) is 13.9. The van der Waals surface area contributed by atoms with Crippen molar-refractivity contribution in [2.45, 2.75) is 32.9 Å². The molecule has 18 heavy (non-hydrogen) atoms. The summed E-state index contributed by atoms with van der Waals surface area (Å²) in [6.07, 6.45) is -0.490. The molecule has 1 aromatic rings. The van der Waals surface area contributed by atoms with E-state index in [0.29, 0.717) is 5.76 Å². The third-order valence-corrected chi connectivity index (χ3v) is 1.97. The lowest BCUT2D eigenvalue weighted by Gasteiger charge is -2.24. The normalized spacial score (nSPS) is 11.1. The first kappa shape index (κ1) is 14.1. The molecule has 1 amide bonds. The third-order valence-electron chi connectivity index (χ3n) is 1.97. The van der Waals surface area contributed by atoms with E-state index in [-0.39, 0.29) is 12.3 Å². The van der Waals surface area contributed by atoms with Gasteiger partial charge in [-0.25, -0.2) is 9.59 Å². The van der Waals surface area contributed by atoms with Gasteiger partial charge in [0.15, 0.2) is 0 Å². The number of carboxylic acid groups (broad SMARTS) is 1. The average Bonchev–Trinajstić information content (AvgIpc) is 2.63. The first-order valence-electron chi connectivity index (χ1n) is 5.45.